The second kappa shape index (κ2) is 11.2. The SMILES string of the molecule is CCc1nc2ccc(C3CCN(C(=O)OC(C)(C)C)CC3)nn2c1NCc1nc(-c2ccc(F)cc2C#N)cs1. The standard InChI is InChI=1S/C29H32FN7O2S/c1-5-22-27(32-16-26-34-24(17-40-26)21-7-6-20(30)14-19(21)15-31)37-25(33-22)9-8-23(35-37)18-10-12-36(13-11-18)28(38)39-29(2,3)4/h6-9,14,17-18,32H,5,10-13,16H2,1-4H3. The third-order valence-corrected chi connectivity index (χ3v) is 7.66. The molecule has 1 fully saturated rings. The number of fused-ring (bicyclic) bond motifs is 1. The molecule has 5 rings (SSSR count). The van der Waals surface area contributed by atoms with Gasteiger partial charge in [-0.1, -0.05) is 6.92 Å². The fourth-order valence-electron chi connectivity index (χ4n) is 4.83. The highest BCUT2D eigenvalue weighted by Gasteiger charge is 2.28. The number of amides is 1. The van der Waals surface area contributed by atoms with Gasteiger partial charge in [-0.15, -0.1) is 11.3 Å². The Bertz CT molecular complexity index is 1580. The number of piperidine rings is 1. The number of likely N-dealkylation sites (tertiary alicyclic amines) is 1. The zero-order valence-corrected chi connectivity index (χ0v) is 23.9. The summed E-state index contributed by atoms with van der Waals surface area (Å²) in [6.07, 6.45) is 2.09. The van der Waals surface area contributed by atoms with Gasteiger partial charge < -0.3 is 15.0 Å². The lowest BCUT2D eigenvalue weighted by Crippen LogP contribution is -2.41. The van der Waals surface area contributed by atoms with Crippen molar-refractivity contribution in [2.45, 2.75) is 65.0 Å². The van der Waals surface area contributed by atoms with Crippen molar-refractivity contribution in [1.82, 2.24) is 24.5 Å². The van der Waals surface area contributed by atoms with Crippen LogP contribution in [0.2, 0.25) is 0 Å². The molecule has 0 spiro atoms. The van der Waals surface area contributed by atoms with Crippen LogP contribution in [0.5, 0.6) is 0 Å². The van der Waals surface area contributed by atoms with Gasteiger partial charge in [-0.05, 0) is 70.4 Å². The van der Waals surface area contributed by atoms with Crippen molar-refractivity contribution >= 4 is 28.9 Å². The number of hydrogen-bond donors (Lipinski definition) is 1. The summed E-state index contributed by atoms with van der Waals surface area (Å²) in [5.41, 5.74) is 3.64. The van der Waals surface area contributed by atoms with Gasteiger partial charge in [0.25, 0.3) is 0 Å². The molecule has 0 saturated carbocycles. The summed E-state index contributed by atoms with van der Waals surface area (Å²) in [7, 11) is 0. The molecule has 0 aliphatic carbocycles. The smallest absolute Gasteiger partial charge is 0.410 e. The average molecular weight is 562 g/mol. The van der Waals surface area contributed by atoms with E-state index < -0.39 is 11.4 Å². The predicted octanol–water partition coefficient (Wildman–Crippen LogP) is 6.15. The van der Waals surface area contributed by atoms with Gasteiger partial charge in [-0.2, -0.15) is 14.9 Å². The van der Waals surface area contributed by atoms with Crippen molar-refractivity contribution in [3.05, 3.63) is 63.5 Å². The van der Waals surface area contributed by atoms with Crippen molar-refractivity contribution in [3.8, 4) is 17.3 Å². The van der Waals surface area contributed by atoms with Crippen LogP contribution in [0.1, 0.15) is 68.4 Å². The minimum absolute atomic E-state index is 0.231. The molecule has 11 heteroatoms. The number of aromatic nitrogens is 4. The summed E-state index contributed by atoms with van der Waals surface area (Å²) in [6, 6.07) is 10.2. The monoisotopic (exact) mass is 561 g/mol. The van der Waals surface area contributed by atoms with Gasteiger partial charge in [0.05, 0.1) is 35.3 Å². The molecule has 1 amide bonds. The topological polar surface area (TPSA) is 108 Å². The van der Waals surface area contributed by atoms with Crippen molar-refractivity contribution in [3.63, 3.8) is 0 Å². The molecule has 1 N–H and O–H groups in total. The highest BCUT2D eigenvalue weighted by molar-refractivity contribution is 7.10. The largest absolute Gasteiger partial charge is 0.444 e. The van der Waals surface area contributed by atoms with Crippen LogP contribution in [0.4, 0.5) is 15.0 Å². The normalized spacial score (nSPS) is 14.3. The van der Waals surface area contributed by atoms with Crippen LogP contribution in [0.25, 0.3) is 16.9 Å². The highest BCUT2D eigenvalue weighted by Crippen LogP contribution is 2.30. The van der Waals surface area contributed by atoms with Crippen LogP contribution in [0.15, 0.2) is 35.7 Å². The number of carbonyl (C=O) groups is 1. The number of hydrogen-bond acceptors (Lipinski definition) is 8. The molecular formula is C29H32FN7O2S. The summed E-state index contributed by atoms with van der Waals surface area (Å²) in [4.78, 5) is 23.7. The molecule has 0 atom stereocenters. The van der Waals surface area contributed by atoms with E-state index in [1.54, 1.807) is 11.0 Å². The number of halogens is 1. The number of ether oxygens (including phenoxy) is 1. The maximum absolute atomic E-state index is 13.6. The third-order valence-electron chi connectivity index (χ3n) is 6.81. The number of nitrogens with zero attached hydrogens (tertiary/aromatic N) is 6. The molecule has 0 unspecified atom stereocenters. The Morgan fingerprint density at radius 2 is 2.00 bits per heavy atom. The van der Waals surface area contributed by atoms with E-state index in [9.17, 15) is 14.4 Å². The van der Waals surface area contributed by atoms with Crippen LogP contribution in [-0.2, 0) is 17.7 Å². The highest BCUT2D eigenvalue weighted by atomic mass is 32.1. The number of nitriles is 1. The Morgan fingerprint density at radius 1 is 1.23 bits per heavy atom. The summed E-state index contributed by atoms with van der Waals surface area (Å²) in [6.45, 7) is 9.39. The van der Waals surface area contributed by atoms with Crippen molar-refractivity contribution in [1.29, 1.82) is 5.26 Å². The van der Waals surface area contributed by atoms with Gasteiger partial charge in [0, 0.05) is 30.0 Å². The fraction of sp³-hybridized carbons (Fsp3) is 0.414. The first-order valence-electron chi connectivity index (χ1n) is 13.4. The zero-order chi connectivity index (χ0) is 28.4. The Hall–Kier alpha value is -4.04. The van der Waals surface area contributed by atoms with E-state index in [2.05, 4.69) is 17.2 Å². The first kappa shape index (κ1) is 27.5. The number of benzene rings is 1. The zero-order valence-electron chi connectivity index (χ0n) is 23.1. The fourth-order valence-corrected chi connectivity index (χ4v) is 5.56. The second-order valence-electron chi connectivity index (χ2n) is 10.8. The first-order chi connectivity index (χ1) is 19.1. The maximum Gasteiger partial charge on any atom is 0.410 e. The van der Waals surface area contributed by atoms with Crippen LogP contribution in [-0.4, -0.2) is 49.3 Å². The molecule has 3 aromatic heterocycles. The molecular weight excluding hydrogens is 529 g/mol. The third kappa shape index (κ3) is 5.92. The number of anilines is 1. The predicted molar refractivity (Wildman–Crippen MR) is 152 cm³/mol. The molecule has 208 valence electrons. The summed E-state index contributed by atoms with van der Waals surface area (Å²) in [5, 5.41) is 20.5. The lowest BCUT2D eigenvalue weighted by atomic mass is 9.93. The molecule has 40 heavy (non-hydrogen) atoms. The first-order valence-corrected chi connectivity index (χ1v) is 14.3. The van der Waals surface area contributed by atoms with E-state index in [0.717, 1.165) is 47.1 Å². The quantitative estimate of drug-likeness (QED) is 0.301. The van der Waals surface area contributed by atoms with E-state index in [4.69, 9.17) is 14.8 Å². The number of thiazole rings is 1. The summed E-state index contributed by atoms with van der Waals surface area (Å²) >= 11 is 1.47. The molecule has 1 aromatic carbocycles. The number of carbonyl (C=O) groups excluding carboxylic acids is 1. The molecule has 0 radical (unpaired) electrons. The number of aryl methyl sites for hydroxylation is 1. The van der Waals surface area contributed by atoms with E-state index in [0.29, 0.717) is 30.9 Å². The number of rotatable bonds is 6. The molecule has 0 bridgehead atoms. The number of imidazole rings is 1. The van der Waals surface area contributed by atoms with Gasteiger partial charge >= 0.3 is 6.09 Å². The van der Waals surface area contributed by atoms with Crippen molar-refractivity contribution in [2.75, 3.05) is 18.4 Å². The van der Waals surface area contributed by atoms with Crippen molar-refractivity contribution < 1.29 is 13.9 Å². The lowest BCUT2D eigenvalue weighted by molar-refractivity contribution is 0.0204. The molecule has 1 saturated heterocycles. The van der Waals surface area contributed by atoms with E-state index >= 15 is 0 Å². The van der Waals surface area contributed by atoms with Gasteiger partial charge in [0.1, 0.15) is 16.4 Å². The van der Waals surface area contributed by atoms with Gasteiger partial charge in [0.15, 0.2) is 11.5 Å². The van der Waals surface area contributed by atoms with Gasteiger partial charge in [-0.25, -0.2) is 19.2 Å². The van der Waals surface area contributed by atoms with Crippen LogP contribution in [0, 0.1) is 17.1 Å². The molecule has 9 nitrogen and oxygen atoms in total. The average Bonchev–Trinajstić information content (AvgIpc) is 3.54. The van der Waals surface area contributed by atoms with Crippen LogP contribution in [0.3, 0.4) is 0 Å². The van der Waals surface area contributed by atoms with Crippen LogP contribution >= 0.6 is 11.3 Å². The minimum atomic E-state index is -0.511. The van der Waals surface area contributed by atoms with Crippen molar-refractivity contribution in [2.24, 2.45) is 0 Å². The Balaban J connectivity index is 1.31. The summed E-state index contributed by atoms with van der Waals surface area (Å²) in [5.74, 6) is 0.606. The molecule has 1 aliphatic rings. The number of nitrogens with one attached hydrogen (secondary N) is 1. The van der Waals surface area contributed by atoms with E-state index in [1.165, 1.54) is 23.5 Å². The molecule has 4 heterocycles. The van der Waals surface area contributed by atoms with Crippen LogP contribution < -0.4 is 5.32 Å². The maximum atomic E-state index is 13.6. The minimum Gasteiger partial charge on any atom is -0.444 e. The van der Waals surface area contributed by atoms with E-state index in [1.807, 2.05) is 48.9 Å². The lowest BCUT2D eigenvalue weighted by Gasteiger charge is -2.33. The second-order valence-corrected chi connectivity index (χ2v) is 11.8. The molecule has 4 aromatic rings. The Morgan fingerprint density at radius 3 is 2.70 bits per heavy atom. The molecule has 1 aliphatic heterocycles. The van der Waals surface area contributed by atoms with Gasteiger partial charge in [0.2, 0.25) is 0 Å². The van der Waals surface area contributed by atoms with E-state index in [-0.39, 0.29) is 17.6 Å². The Kier molecular flexibility index (Phi) is 7.72. The Labute approximate surface area is 236 Å². The van der Waals surface area contributed by atoms with Gasteiger partial charge in [-0.3, -0.25) is 0 Å². The summed E-state index contributed by atoms with van der Waals surface area (Å²) < 4.78 is 21.0.